The quantitative estimate of drug-likeness (QED) is 0.801. The molecule has 6 heteroatoms. The van der Waals surface area contributed by atoms with Crippen molar-refractivity contribution >= 4 is 0 Å². The summed E-state index contributed by atoms with van der Waals surface area (Å²) in [5.41, 5.74) is 6.05. The molecule has 0 saturated carbocycles. The first kappa shape index (κ1) is 10.8. The van der Waals surface area contributed by atoms with Crippen molar-refractivity contribution in [2.75, 3.05) is 0 Å². The van der Waals surface area contributed by atoms with E-state index in [1.165, 1.54) is 12.1 Å². The summed E-state index contributed by atoms with van der Waals surface area (Å²) in [6, 6.07) is 2.37. The molecule has 0 saturated heterocycles. The van der Waals surface area contributed by atoms with Crippen molar-refractivity contribution < 1.29 is 17.9 Å². The largest absolute Gasteiger partial charge is 0.573 e. The highest BCUT2D eigenvalue weighted by atomic mass is 19.4. The average Bonchev–Trinajstić information content (AvgIpc) is 1.99. The van der Waals surface area contributed by atoms with Gasteiger partial charge in [-0.25, -0.2) is 0 Å². The summed E-state index contributed by atoms with van der Waals surface area (Å²) < 4.78 is 39.2. The van der Waals surface area contributed by atoms with Crippen LogP contribution < -0.4 is 10.5 Å². The summed E-state index contributed by atoms with van der Waals surface area (Å²) >= 11 is 0. The molecule has 0 aromatic carbocycles. The summed E-state index contributed by atoms with van der Waals surface area (Å²) in [5, 5.41) is 0. The highest BCUT2D eigenvalue weighted by Crippen LogP contribution is 2.23. The van der Waals surface area contributed by atoms with Gasteiger partial charge in [0.1, 0.15) is 5.75 Å². The van der Waals surface area contributed by atoms with Gasteiger partial charge in [0.25, 0.3) is 0 Å². The maximum Gasteiger partial charge on any atom is 0.573 e. The lowest BCUT2D eigenvalue weighted by Gasteiger charge is -2.10. The van der Waals surface area contributed by atoms with Crippen LogP contribution in [0.5, 0.6) is 5.75 Å². The second kappa shape index (κ2) is 3.83. The van der Waals surface area contributed by atoms with Gasteiger partial charge in [0.15, 0.2) is 0 Å². The number of aryl methyl sites for hydroxylation is 1. The third kappa shape index (κ3) is 3.21. The minimum Gasteiger partial charge on any atom is -0.406 e. The molecule has 0 bridgehead atoms. The van der Waals surface area contributed by atoms with Crippen LogP contribution in [0, 0.1) is 6.92 Å². The lowest BCUT2D eigenvalue weighted by Crippen LogP contribution is -2.17. The Morgan fingerprint density at radius 2 is 2.07 bits per heavy atom. The van der Waals surface area contributed by atoms with Crippen LogP contribution >= 0.6 is 0 Å². The van der Waals surface area contributed by atoms with E-state index in [1.807, 2.05) is 0 Å². The van der Waals surface area contributed by atoms with Crippen LogP contribution in [0.25, 0.3) is 0 Å². The molecule has 0 radical (unpaired) electrons. The maximum absolute atomic E-state index is 11.8. The Hall–Kier alpha value is -1.30. The number of hydrogen-bond donors (Lipinski definition) is 1. The average molecular weight is 206 g/mol. The molecule has 0 fully saturated rings. The molecule has 0 aliphatic heterocycles. The van der Waals surface area contributed by atoms with Gasteiger partial charge in [0.05, 0.1) is 5.69 Å². The normalized spacial score (nSPS) is 11.5. The number of nitrogens with two attached hydrogens (primary N) is 1. The van der Waals surface area contributed by atoms with Crippen molar-refractivity contribution in [2.45, 2.75) is 19.8 Å². The van der Waals surface area contributed by atoms with E-state index < -0.39 is 6.36 Å². The topological polar surface area (TPSA) is 48.1 Å². The number of pyridine rings is 1. The lowest BCUT2D eigenvalue weighted by molar-refractivity contribution is -0.274. The molecule has 1 heterocycles. The molecular formula is C8H9F3N2O. The van der Waals surface area contributed by atoms with Crippen LogP contribution in [0.4, 0.5) is 13.2 Å². The molecule has 78 valence electrons. The molecule has 0 amide bonds. The highest BCUT2D eigenvalue weighted by molar-refractivity contribution is 5.26. The number of hydrogen-bond acceptors (Lipinski definition) is 3. The molecule has 0 unspecified atom stereocenters. The SMILES string of the molecule is Cc1cc(OC(F)(F)F)cc(CN)n1. The van der Waals surface area contributed by atoms with E-state index in [0.717, 1.165) is 0 Å². The van der Waals surface area contributed by atoms with E-state index >= 15 is 0 Å². The molecule has 3 nitrogen and oxygen atoms in total. The Morgan fingerprint density at radius 3 is 2.57 bits per heavy atom. The van der Waals surface area contributed by atoms with Crippen LogP contribution in [-0.2, 0) is 6.54 Å². The van der Waals surface area contributed by atoms with E-state index in [2.05, 4.69) is 9.72 Å². The summed E-state index contributed by atoms with van der Waals surface area (Å²) in [6.07, 6.45) is -4.68. The smallest absolute Gasteiger partial charge is 0.406 e. The molecule has 1 rings (SSSR count). The second-order valence-corrected chi connectivity index (χ2v) is 2.69. The summed E-state index contributed by atoms with van der Waals surface area (Å²) in [4.78, 5) is 3.91. The van der Waals surface area contributed by atoms with Gasteiger partial charge in [0, 0.05) is 24.4 Å². The van der Waals surface area contributed by atoms with Gasteiger partial charge >= 0.3 is 6.36 Å². The number of halogens is 3. The van der Waals surface area contributed by atoms with E-state index in [0.29, 0.717) is 11.4 Å². The zero-order valence-electron chi connectivity index (χ0n) is 7.43. The van der Waals surface area contributed by atoms with Crippen molar-refractivity contribution in [2.24, 2.45) is 5.73 Å². The molecule has 0 spiro atoms. The van der Waals surface area contributed by atoms with E-state index in [-0.39, 0.29) is 12.3 Å². The number of alkyl halides is 3. The predicted molar refractivity (Wildman–Crippen MR) is 43.5 cm³/mol. The monoisotopic (exact) mass is 206 g/mol. The molecule has 0 atom stereocenters. The first-order chi connectivity index (χ1) is 6.40. The molecule has 14 heavy (non-hydrogen) atoms. The number of ether oxygens (including phenoxy) is 1. The Morgan fingerprint density at radius 1 is 1.43 bits per heavy atom. The molecule has 1 aromatic rings. The third-order valence-corrected chi connectivity index (χ3v) is 1.42. The molecular weight excluding hydrogens is 197 g/mol. The van der Waals surface area contributed by atoms with Gasteiger partial charge in [-0.3, -0.25) is 4.98 Å². The number of aromatic nitrogens is 1. The first-order valence-corrected chi connectivity index (χ1v) is 3.84. The number of nitrogens with zero attached hydrogens (tertiary/aromatic N) is 1. The Balaban J connectivity index is 2.92. The molecule has 1 aromatic heterocycles. The predicted octanol–water partition coefficient (Wildman–Crippen LogP) is 1.75. The fraction of sp³-hybridized carbons (Fsp3) is 0.375. The highest BCUT2D eigenvalue weighted by Gasteiger charge is 2.31. The van der Waals surface area contributed by atoms with Crippen molar-refractivity contribution in [3.8, 4) is 5.75 Å². The molecule has 2 N–H and O–H groups in total. The van der Waals surface area contributed by atoms with Gasteiger partial charge < -0.3 is 10.5 Å². The zero-order chi connectivity index (χ0) is 10.8. The van der Waals surface area contributed by atoms with Crippen LogP contribution in [0.15, 0.2) is 12.1 Å². The molecule has 0 aliphatic rings. The standard InChI is InChI=1S/C8H9F3N2O/c1-5-2-7(14-8(9,10)11)3-6(4-12)13-5/h2-3H,4,12H2,1H3. The van der Waals surface area contributed by atoms with Gasteiger partial charge in [0.2, 0.25) is 0 Å². The summed E-state index contributed by atoms with van der Waals surface area (Å²) in [7, 11) is 0. The van der Waals surface area contributed by atoms with Crippen molar-refractivity contribution in [3.05, 3.63) is 23.5 Å². The van der Waals surface area contributed by atoms with Crippen molar-refractivity contribution in [3.63, 3.8) is 0 Å². The van der Waals surface area contributed by atoms with Gasteiger partial charge in [-0.05, 0) is 6.92 Å². The molecule has 0 aliphatic carbocycles. The Labute approximate surface area is 78.7 Å². The van der Waals surface area contributed by atoms with Crippen LogP contribution in [-0.4, -0.2) is 11.3 Å². The minimum atomic E-state index is -4.68. The van der Waals surface area contributed by atoms with E-state index in [4.69, 9.17) is 5.73 Å². The van der Waals surface area contributed by atoms with Crippen molar-refractivity contribution in [1.29, 1.82) is 0 Å². The van der Waals surface area contributed by atoms with Crippen molar-refractivity contribution in [1.82, 2.24) is 4.98 Å². The fourth-order valence-electron chi connectivity index (χ4n) is 1.000. The summed E-state index contributed by atoms with van der Waals surface area (Å²) in [6.45, 7) is 1.65. The second-order valence-electron chi connectivity index (χ2n) is 2.69. The Kier molecular flexibility index (Phi) is 2.95. The first-order valence-electron chi connectivity index (χ1n) is 3.84. The Bertz CT molecular complexity index is 325. The third-order valence-electron chi connectivity index (χ3n) is 1.42. The minimum absolute atomic E-state index is 0.0793. The number of rotatable bonds is 2. The van der Waals surface area contributed by atoms with E-state index in [9.17, 15) is 13.2 Å². The maximum atomic E-state index is 11.8. The van der Waals surface area contributed by atoms with Gasteiger partial charge in [-0.2, -0.15) is 0 Å². The van der Waals surface area contributed by atoms with E-state index in [1.54, 1.807) is 6.92 Å². The van der Waals surface area contributed by atoms with Gasteiger partial charge in [-0.15, -0.1) is 13.2 Å². The van der Waals surface area contributed by atoms with Crippen LogP contribution in [0.3, 0.4) is 0 Å². The lowest BCUT2D eigenvalue weighted by atomic mass is 10.3. The summed E-state index contributed by atoms with van der Waals surface area (Å²) in [5.74, 6) is -0.287. The zero-order valence-corrected chi connectivity index (χ0v) is 7.43. The van der Waals surface area contributed by atoms with Crippen LogP contribution in [0.2, 0.25) is 0 Å². The fourth-order valence-corrected chi connectivity index (χ4v) is 1.000. The van der Waals surface area contributed by atoms with Crippen LogP contribution in [0.1, 0.15) is 11.4 Å². The van der Waals surface area contributed by atoms with Gasteiger partial charge in [-0.1, -0.05) is 0 Å².